The Morgan fingerprint density at radius 2 is 2.00 bits per heavy atom. The highest BCUT2D eigenvalue weighted by atomic mass is 16.5. The van der Waals surface area contributed by atoms with Gasteiger partial charge in [-0.2, -0.15) is 0 Å². The first-order valence-electron chi connectivity index (χ1n) is 5.48. The SMILES string of the molecule is NNC(=O)NN.c1cncc(N2CCOCC2)c1. The molecule has 18 heavy (non-hydrogen) atoms. The minimum atomic E-state index is -0.602. The smallest absolute Gasteiger partial charge is 0.343 e. The fraction of sp³-hybridized carbons (Fsp3) is 0.400. The van der Waals surface area contributed by atoms with Crippen molar-refractivity contribution in [3.05, 3.63) is 24.5 Å². The molecule has 2 heterocycles. The molecule has 1 aliphatic heterocycles. The molecule has 100 valence electrons. The van der Waals surface area contributed by atoms with Crippen LogP contribution in [0.25, 0.3) is 0 Å². The average Bonchev–Trinajstić information content (AvgIpc) is 2.49. The Labute approximate surface area is 105 Å². The van der Waals surface area contributed by atoms with Crippen LogP contribution in [-0.4, -0.2) is 37.3 Å². The van der Waals surface area contributed by atoms with Crippen molar-refractivity contribution in [2.75, 3.05) is 31.2 Å². The van der Waals surface area contributed by atoms with Crippen LogP contribution in [0.1, 0.15) is 0 Å². The number of anilines is 1. The van der Waals surface area contributed by atoms with E-state index in [1.165, 1.54) is 5.69 Å². The molecule has 8 heteroatoms. The number of rotatable bonds is 1. The van der Waals surface area contributed by atoms with E-state index in [0.717, 1.165) is 26.3 Å². The van der Waals surface area contributed by atoms with E-state index in [9.17, 15) is 4.79 Å². The van der Waals surface area contributed by atoms with Crippen molar-refractivity contribution >= 4 is 11.7 Å². The molecule has 1 aromatic heterocycles. The zero-order valence-corrected chi connectivity index (χ0v) is 10.0. The number of hydrogen-bond acceptors (Lipinski definition) is 6. The molecule has 0 unspecified atom stereocenters. The Hall–Kier alpha value is -1.90. The number of urea groups is 1. The number of aromatic nitrogens is 1. The summed E-state index contributed by atoms with van der Waals surface area (Å²) in [4.78, 5) is 16.1. The number of morpholine rings is 1. The van der Waals surface area contributed by atoms with Crippen LogP contribution in [0.3, 0.4) is 0 Å². The highest BCUT2D eigenvalue weighted by Gasteiger charge is 2.09. The van der Waals surface area contributed by atoms with Crippen LogP contribution >= 0.6 is 0 Å². The summed E-state index contributed by atoms with van der Waals surface area (Å²) in [6, 6.07) is 3.44. The first-order chi connectivity index (χ1) is 8.77. The summed E-state index contributed by atoms with van der Waals surface area (Å²) in [6.45, 7) is 3.61. The zero-order chi connectivity index (χ0) is 13.2. The highest BCUT2D eigenvalue weighted by Crippen LogP contribution is 2.12. The minimum Gasteiger partial charge on any atom is -0.378 e. The van der Waals surface area contributed by atoms with Crippen LogP contribution in [0.15, 0.2) is 24.5 Å². The number of pyridine rings is 1. The molecule has 0 atom stereocenters. The second-order valence-electron chi connectivity index (χ2n) is 3.43. The molecular formula is C10H18N6O2. The first-order valence-corrected chi connectivity index (χ1v) is 5.48. The van der Waals surface area contributed by atoms with E-state index >= 15 is 0 Å². The Morgan fingerprint density at radius 1 is 1.33 bits per heavy atom. The molecule has 8 nitrogen and oxygen atoms in total. The molecule has 0 radical (unpaired) electrons. The molecule has 0 bridgehead atoms. The van der Waals surface area contributed by atoms with Crippen molar-refractivity contribution in [3.8, 4) is 0 Å². The minimum absolute atomic E-state index is 0.602. The molecule has 2 rings (SSSR count). The van der Waals surface area contributed by atoms with Gasteiger partial charge in [-0.15, -0.1) is 0 Å². The van der Waals surface area contributed by atoms with Crippen LogP contribution in [0.4, 0.5) is 10.5 Å². The monoisotopic (exact) mass is 254 g/mol. The predicted octanol–water partition coefficient (Wildman–Crippen LogP) is -1.05. The van der Waals surface area contributed by atoms with Crippen LogP contribution in [0.2, 0.25) is 0 Å². The van der Waals surface area contributed by atoms with E-state index in [1.807, 2.05) is 12.3 Å². The average molecular weight is 254 g/mol. The molecule has 0 saturated carbocycles. The van der Waals surface area contributed by atoms with Crippen molar-refractivity contribution in [1.82, 2.24) is 15.8 Å². The lowest BCUT2D eigenvalue weighted by atomic mass is 10.3. The standard InChI is InChI=1S/C9H12N2O.CH6N4O/c1-2-9(8-10-3-1)11-4-6-12-7-5-11;2-4-1(6)5-3/h1-3,8H,4-7H2;2-3H2,(H2,4,5,6). The number of carbonyl (C=O) groups is 1. The van der Waals surface area contributed by atoms with Gasteiger partial charge in [0, 0.05) is 19.3 Å². The lowest BCUT2D eigenvalue weighted by Crippen LogP contribution is -2.43. The highest BCUT2D eigenvalue weighted by molar-refractivity contribution is 5.72. The summed E-state index contributed by atoms with van der Waals surface area (Å²) in [5.74, 6) is 9.08. The fourth-order valence-corrected chi connectivity index (χ4v) is 1.40. The Kier molecular flexibility index (Phi) is 6.47. The number of nitrogens with one attached hydrogen (secondary N) is 2. The van der Waals surface area contributed by atoms with E-state index in [2.05, 4.69) is 27.6 Å². The molecule has 1 saturated heterocycles. The van der Waals surface area contributed by atoms with Crippen molar-refractivity contribution in [1.29, 1.82) is 0 Å². The lowest BCUT2D eigenvalue weighted by Gasteiger charge is -2.28. The number of hydrazine groups is 2. The van der Waals surface area contributed by atoms with Gasteiger partial charge in [-0.25, -0.2) is 16.5 Å². The third-order valence-corrected chi connectivity index (χ3v) is 2.28. The van der Waals surface area contributed by atoms with Gasteiger partial charge >= 0.3 is 6.03 Å². The number of nitrogens with two attached hydrogens (primary N) is 2. The van der Waals surface area contributed by atoms with E-state index < -0.39 is 6.03 Å². The number of nitrogens with zero attached hydrogens (tertiary/aromatic N) is 2. The first kappa shape index (κ1) is 14.2. The summed E-state index contributed by atoms with van der Waals surface area (Å²) in [5.41, 5.74) is 4.67. The van der Waals surface area contributed by atoms with Gasteiger partial charge in [0.05, 0.1) is 25.1 Å². The van der Waals surface area contributed by atoms with Gasteiger partial charge in [-0.1, -0.05) is 0 Å². The van der Waals surface area contributed by atoms with Crippen molar-refractivity contribution in [2.45, 2.75) is 0 Å². The maximum absolute atomic E-state index is 9.71. The predicted molar refractivity (Wildman–Crippen MR) is 67.3 cm³/mol. The van der Waals surface area contributed by atoms with Crippen LogP contribution in [0.5, 0.6) is 0 Å². The number of amides is 2. The Balaban J connectivity index is 0.000000232. The summed E-state index contributed by atoms with van der Waals surface area (Å²) >= 11 is 0. The van der Waals surface area contributed by atoms with Crippen LogP contribution in [-0.2, 0) is 4.74 Å². The third-order valence-electron chi connectivity index (χ3n) is 2.28. The van der Waals surface area contributed by atoms with Crippen molar-refractivity contribution in [3.63, 3.8) is 0 Å². The molecule has 1 aromatic rings. The molecule has 0 aromatic carbocycles. The van der Waals surface area contributed by atoms with Crippen LogP contribution < -0.4 is 27.4 Å². The topological polar surface area (TPSA) is 119 Å². The third kappa shape index (κ3) is 4.95. The number of ether oxygens (including phenoxy) is 1. The molecule has 2 amide bonds. The van der Waals surface area contributed by atoms with E-state index in [4.69, 9.17) is 4.74 Å². The Morgan fingerprint density at radius 3 is 2.44 bits per heavy atom. The maximum atomic E-state index is 9.71. The van der Waals surface area contributed by atoms with Gasteiger partial charge in [0.1, 0.15) is 0 Å². The normalized spacial score (nSPS) is 14.2. The zero-order valence-electron chi connectivity index (χ0n) is 10.0. The molecule has 1 aliphatic rings. The quantitative estimate of drug-likeness (QED) is 0.288. The molecule has 0 aliphatic carbocycles. The fourth-order valence-electron chi connectivity index (χ4n) is 1.40. The number of carbonyl (C=O) groups excluding carboxylic acids is 1. The molecule has 0 spiro atoms. The molecule has 1 fully saturated rings. The lowest BCUT2D eigenvalue weighted by molar-refractivity contribution is 0.122. The van der Waals surface area contributed by atoms with Gasteiger partial charge in [0.25, 0.3) is 0 Å². The van der Waals surface area contributed by atoms with Crippen molar-refractivity contribution < 1.29 is 9.53 Å². The van der Waals surface area contributed by atoms with Gasteiger partial charge < -0.3 is 9.64 Å². The van der Waals surface area contributed by atoms with Gasteiger partial charge in [0.15, 0.2) is 0 Å². The van der Waals surface area contributed by atoms with E-state index in [-0.39, 0.29) is 0 Å². The second-order valence-corrected chi connectivity index (χ2v) is 3.43. The molecular weight excluding hydrogens is 236 g/mol. The van der Waals surface area contributed by atoms with Gasteiger partial charge in [-0.3, -0.25) is 15.8 Å². The Bertz CT molecular complexity index is 335. The summed E-state index contributed by atoms with van der Waals surface area (Å²) in [5, 5.41) is 0. The van der Waals surface area contributed by atoms with Gasteiger partial charge in [0.2, 0.25) is 0 Å². The van der Waals surface area contributed by atoms with Crippen molar-refractivity contribution in [2.24, 2.45) is 11.7 Å². The summed E-state index contributed by atoms with van der Waals surface area (Å²) in [7, 11) is 0. The largest absolute Gasteiger partial charge is 0.378 e. The summed E-state index contributed by atoms with van der Waals surface area (Å²) in [6.07, 6.45) is 3.69. The van der Waals surface area contributed by atoms with E-state index in [0.29, 0.717) is 0 Å². The molecule has 6 N–H and O–H groups in total. The second kappa shape index (κ2) is 8.23. The summed E-state index contributed by atoms with van der Waals surface area (Å²) < 4.78 is 5.26. The number of hydrogen-bond donors (Lipinski definition) is 4. The van der Waals surface area contributed by atoms with Gasteiger partial charge in [-0.05, 0) is 12.1 Å². The maximum Gasteiger partial charge on any atom is 0.343 e. The van der Waals surface area contributed by atoms with Crippen LogP contribution in [0, 0.1) is 0 Å². The van der Waals surface area contributed by atoms with E-state index in [1.54, 1.807) is 17.0 Å².